The number of aromatic nitrogens is 3. The number of imidazole rings is 1. The number of nitrogens with zero attached hydrogens (tertiary/aromatic N) is 3. The van der Waals surface area contributed by atoms with Crippen LogP contribution in [0.2, 0.25) is 0 Å². The lowest BCUT2D eigenvalue weighted by atomic mass is 10.1. The van der Waals surface area contributed by atoms with Gasteiger partial charge in [0, 0.05) is 24.8 Å². The van der Waals surface area contributed by atoms with Crippen molar-refractivity contribution in [3.05, 3.63) is 35.8 Å². The number of pyridine rings is 1. The first-order chi connectivity index (χ1) is 14.1. The first kappa shape index (κ1) is 21.3. The van der Waals surface area contributed by atoms with Gasteiger partial charge in [-0.05, 0) is 30.9 Å². The molecule has 0 bridgehead atoms. The van der Waals surface area contributed by atoms with Crippen molar-refractivity contribution in [2.75, 3.05) is 0 Å². The predicted octanol–water partition coefficient (Wildman–Crippen LogP) is 5.91. The molecule has 0 fully saturated rings. The van der Waals surface area contributed by atoms with E-state index in [2.05, 4.69) is 29.5 Å². The maximum absolute atomic E-state index is 10.9. The second-order valence-electron chi connectivity index (χ2n) is 7.93. The Labute approximate surface area is 173 Å². The molecule has 0 saturated carbocycles. The summed E-state index contributed by atoms with van der Waals surface area (Å²) < 4.78 is 2.40. The van der Waals surface area contributed by atoms with Crippen LogP contribution in [0.5, 0.6) is 0 Å². The number of carbonyl (C=O) groups is 1. The Balaban J connectivity index is 1.89. The first-order valence-electron chi connectivity index (χ1n) is 11.1. The fourth-order valence-electron chi connectivity index (χ4n) is 4.02. The van der Waals surface area contributed by atoms with E-state index in [0.29, 0.717) is 6.42 Å². The number of hydrogen-bond acceptors (Lipinski definition) is 3. The van der Waals surface area contributed by atoms with Crippen LogP contribution < -0.4 is 0 Å². The van der Waals surface area contributed by atoms with Crippen LogP contribution in [-0.4, -0.2) is 25.6 Å². The van der Waals surface area contributed by atoms with Crippen LogP contribution in [0.25, 0.3) is 21.9 Å². The van der Waals surface area contributed by atoms with E-state index >= 15 is 0 Å². The van der Waals surface area contributed by atoms with Gasteiger partial charge >= 0.3 is 5.97 Å². The minimum atomic E-state index is -0.769. The first-order valence-corrected chi connectivity index (χ1v) is 11.1. The number of benzene rings is 1. The van der Waals surface area contributed by atoms with Gasteiger partial charge in [-0.2, -0.15) is 0 Å². The number of hydrogen-bond donors (Lipinski definition) is 1. The van der Waals surface area contributed by atoms with Gasteiger partial charge in [0.25, 0.3) is 0 Å². The number of rotatable bonds is 12. The number of carboxylic acids is 1. The zero-order valence-corrected chi connectivity index (χ0v) is 17.8. The predicted molar refractivity (Wildman–Crippen MR) is 118 cm³/mol. The zero-order valence-electron chi connectivity index (χ0n) is 17.8. The van der Waals surface area contributed by atoms with Gasteiger partial charge in [0.15, 0.2) is 0 Å². The summed E-state index contributed by atoms with van der Waals surface area (Å²) in [5.74, 6) is 0.384. The molecule has 5 heteroatoms. The number of aryl methyl sites for hydroxylation is 3. The molecule has 0 aliphatic carbocycles. The molecule has 0 unspecified atom stereocenters. The molecular weight excluding hydrogens is 362 g/mol. The van der Waals surface area contributed by atoms with Crippen molar-refractivity contribution >= 4 is 27.9 Å². The lowest BCUT2D eigenvalue weighted by molar-refractivity contribution is -0.136. The Morgan fingerprint density at radius 2 is 1.79 bits per heavy atom. The van der Waals surface area contributed by atoms with Crippen LogP contribution in [0.4, 0.5) is 0 Å². The van der Waals surface area contributed by atoms with Gasteiger partial charge in [-0.15, -0.1) is 0 Å². The van der Waals surface area contributed by atoms with E-state index in [4.69, 9.17) is 10.1 Å². The van der Waals surface area contributed by atoms with Crippen LogP contribution in [0.1, 0.15) is 76.6 Å². The van der Waals surface area contributed by atoms with Gasteiger partial charge in [0.1, 0.15) is 11.3 Å². The van der Waals surface area contributed by atoms with Crippen molar-refractivity contribution < 1.29 is 9.90 Å². The summed E-state index contributed by atoms with van der Waals surface area (Å²) in [5, 5.41) is 10.1. The van der Waals surface area contributed by atoms with Crippen LogP contribution in [0, 0.1) is 0 Å². The van der Waals surface area contributed by atoms with E-state index in [9.17, 15) is 4.79 Å². The molecule has 3 rings (SSSR count). The molecule has 1 aromatic carbocycles. The Bertz CT molecular complexity index is 962. The van der Waals surface area contributed by atoms with Crippen LogP contribution in [0.3, 0.4) is 0 Å². The summed E-state index contributed by atoms with van der Waals surface area (Å²) in [4.78, 5) is 20.4. The van der Waals surface area contributed by atoms with E-state index in [1.807, 2.05) is 18.3 Å². The Morgan fingerprint density at radius 1 is 1.00 bits per heavy atom. The SMILES string of the molecule is CCCCCCCCn1c(CCC)nc2cnc3cc(CCC(=O)O)ccc3c21. The van der Waals surface area contributed by atoms with E-state index in [1.54, 1.807) is 0 Å². The standard InChI is InChI=1S/C24H33N3O2/c1-3-5-6-7-8-9-15-27-22(10-4-2)26-21-17-25-20-16-18(12-14-23(28)29)11-13-19(20)24(21)27/h11,13,16-17H,3-10,12,14-15H2,1-2H3,(H,28,29). The van der Waals surface area contributed by atoms with Crippen LogP contribution >= 0.6 is 0 Å². The van der Waals surface area contributed by atoms with Gasteiger partial charge in [-0.3, -0.25) is 9.78 Å². The van der Waals surface area contributed by atoms with Crippen molar-refractivity contribution in [2.24, 2.45) is 0 Å². The van der Waals surface area contributed by atoms with E-state index in [-0.39, 0.29) is 6.42 Å². The van der Waals surface area contributed by atoms with Crippen molar-refractivity contribution in [3.63, 3.8) is 0 Å². The van der Waals surface area contributed by atoms with Gasteiger partial charge in [0.2, 0.25) is 0 Å². The summed E-state index contributed by atoms with van der Waals surface area (Å²) in [6, 6.07) is 6.16. The van der Waals surface area contributed by atoms with E-state index in [0.717, 1.165) is 47.2 Å². The molecule has 2 aromatic heterocycles. The minimum Gasteiger partial charge on any atom is -0.481 e. The highest BCUT2D eigenvalue weighted by atomic mass is 16.4. The third kappa shape index (κ3) is 5.34. The van der Waals surface area contributed by atoms with Crippen molar-refractivity contribution in [1.82, 2.24) is 14.5 Å². The van der Waals surface area contributed by atoms with E-state index < -0.39 is 5.97 Å². The Hall–Kier alpha value is -2.43. The molecule has 0 atom stereocenters. The molecule has 1 N–H and O–H groups in total. The number of fused-ring (bicyclic) bond motifs is 3. The van der Waals surface area contributed by atoms with Crippen molar-refractivity contribution in [2.45, 2.75) is 84.6 Å². The Kier molecular flexibility index (Phi) is 7.62. The summed E-state index contributed by atoms with van der Waals surface area (Å²) in [6.07, 6.45) is 12.3. The average Bonchev–Trinajstić information content (AvgIpc) is 3.06. The summed E-state index contributed by atoms with van der Waals surface area (Å²) in [6.45, 7) is 5.44. The smallest absolute Gasteiger partial charge is 0.303 e. The number of unbranched alkanes of at least 4 members (excludes halogenated alkanes) is 5. The van der Waals surface area contributed by atoms with Gasteiger partial charge < -0.3 is 9.67 Å². The highest BCUT2D eigenvalue weighted by molar-refractivity contribution is 6.02. The molecule has 29 heavy (non-hydrogen) atoms. The molecule has 5 nitrogen and oxygen atoms in total. The largest absolute Gasteiger partial charge is 0.481 e. The van der Waals surface area contributed by atoms with Crippen LogP contribution in [-0.2, 0) is 24.2 Å². The Morgan fingerprint density at radius 3 is 2.55 bits per heavy atom. The van der Waals surface area contributed by atoms with Crippen molar-refractivity contribution in [1.29, 1.82) is 0 Å². The van der Waals surface area contributed by atoms with Crippen molar-refractivity contribution in [3.8, 4) is 0 Å². The zero-order chi connectivity index (χ0) is 20.6. The normalized spacial score (nSPS) is 11.5. The number of aliphatic carboxylic acids is 1. The summed E-state index contributed by atoms with van der Waals surface area (Å²) >= 11 is 0. The topological polar surface area (TPSA) is 68.0 Å². The van der Waals surface area contributed by atoms with Gasteiger partial charge in [-0.1, -0.05) is 58.1 Å². The minimum absolute atomic E-state index is 0.143. The molecule has 156 valence electrons. The van der Waals surface area contributed by atoms with Gasteiger partial charge in [-0.25, -0.2) is 4.98 Å². The number of carboxylic acid groups (broad SMARTS) is 1. The molecule has 0 spiro atoms. The lowest BCUT2D eigenvalue weighted by Crippen LogP contribution is -2.04. The third-order valence-corrected chi connectivity index (χ3v) is 5.55. The fourth-order valence-corrected chi connectivity index (χ4v) is 4.02. The van der Waals surface area contributed by atoms with Crippen LogP contribution in [0.15, 0.2) is 24.4 Å². The molecular formula is C24H33N3O2. The summed E-state index contributed by atoms with van der Waals surface area (Å²) in [5.41, 5.74) is 4.08. The molecule has 0 amide bonds. The molecule has 3 aromatic rings. The third-order valence-electron chi connectivity index (χ3n) is 5.55. The fraction of sp³-hybridized carbons (Fsp3) is 0.542. The van der Waals surface area contributed by atoms with Gasteiger partial charge in [0.05, 0.1) is 17.2 Å². The molecule has 0 radical (unpaired) electrons. The average molecular weight is 396 g/mol. The monoisotopic (exact) mass is 395 g/mol. The maximum Gasteiger partial charge on any atom is 0.303 e. The molecule has 0 aliphatic heterocycles. The molecule has 0 saturated heterocycles. The maximum atomic E-state index is 10.9. The molecule has 0 aliphatic rings. The van der Waals surface area contributed by atoms with E-state index in [1.165, 1.54) is 44.0 Å². The highest BCUT2D eigenvalue weighted by Crippen LogP contribution is 2.27. The second kappa shape index (κ2) is 10.4. The summed E-state index contributed by atoms with van der Waals surface area (Å²) in [7, 11) is 0. The quantitative estimate of drug-likeness (QED) is 0.387. The molecule has 2 heterocycles. The lowest BCUT2D eigenvalue weighted by Gasteiger charge is -2.11. The second-order valence-corrected chi connectivity index (χ2v) is 7.93. The highest BCUT2D eigenvalue weighted by Gasteiger charge is 2.14.